The number of ether oxygens (including phenoxy) is 3. The first-order valence-corrected chi connectivity index (χ1v) is 16.5. The Labute approximate surface area is 265 Å². The molecule has 244 valence electrons. The van der Waals surface area contributed by atoms with Crippen LogP contribution in [0.5, 0.6) is 5.75 Å². The van der Waals surface area contributed by atoms with Crippen LogP contribution in [0.2, 0.25) is 0 Å². The smallest absolute Gasteiger partial charge is 0.335 e. The van der Waals surface area contributed by atoms with Gasteiger partial charge in [0.15, 0.2) is 0 Å². The third-order valence-corrected chi connectivity index (χ3v) is 8.75. The highest BCUT2D eigenvalue weighted by molar-refractivity contribution is 7.88. The quantitative estimate of drug-likeness (QED) is 0.138. The molecular formula is C33H35FN2O9S. The van der Waals surface area contributed by atoms with Crippen molar-refractivity contribution in [1.82, 2.24) is 10.0 Å². The molecule has 11 nitrogen and oxygen atoms in total. The summed E-state index contributed by atoms with van der Waals surface area (Å²) in [5.41, 5.74) is 2.86. The molecule has 1 amide bonds. The number of hydrogen-bond donors (Lipinski definition) is 3. The minimum absolute atomic E-state index is 0.0784. The van der Waals surface area contributed by atoms with E-state index in [-0.39, 0.29) is 55.3 Å². The van der Waals surface area contributed by atoms with Crippen LogP contribution in [0.3, 0.4) is 0 Å². The first-order valence-electron chi connectivity index (χ1n) is 14.8. The van der Waals surface area contributed by atoms with Gasteiger partial charge >= 0.3 is 5.97 Å². The maximum absolute atomic E-state index is 13.6. The van der Waals surface area contributed by atoms with Crippen molar-refractivity contribution >= 4 is 32.9 Å². The molecule has 0 radical (unpaired) electrons. The maximum Gasteiger partial charge on any atom is 0.335 e. The van der Waals surface area contributed by atoms with E-state index in [1.165, 1.54) is 43.4 Å². The molecule has 3 N–H and O–H groups in total. The molecule has 4 aromatic rings. The van der Waals surface area contributed by atoms with Crippen LogP contribution >= 0.6 is 0 Å². The Kier molecular flexibility index (Phi) is 10.7. The lowest BCUT2D eigenvalue weighted by atomic mass is 9.98. The number of carboxylic acid groups (broad SMARTS) is 1. The molecule has 0 spiro atoms. The number of fused-ring (bicyclic) bond motifs is 1. The van der Waals surface area contributed by atoms with E-state index in [4.69, 9.17) is 23.7 Å². The van der Waals surface area contributed by atoms with Gasteiger partial charge in [-0.3, -0.25) is 4.79 Å². The average molecular weight is 655 g/mol. The second kappa shape index (κ2) is 14.9. The van der Waals surface area contributed by atoms with Gasteiger partial charge in [-0.15, -0.1) is 0 Å². The lowest BCUT2D eigenvalue weighted by molar-refractivity contribution is 0.0382. The van der Waals surface area contributed by atoms with E-state index in [1.807, 2.05) is 6.07 Å². The molecule has 0 unspecified atom stereocenters. The lowest BCUT2D eigenvalue weighted by Gasteiger charge is -2.12. The minimum atomic E-state index is -3.72. The predicted molar refractivity (Wildman–Crippen MR) is 168 cm³/mol. The summed E-state index contributed by atoms with van der Waals surface area (Å²) in [5, 5.41) is 12.1. The summed E-state index contributed by atoms with van der Waals surface area (Å²) in [5.74, 6) is -1.02. The van der Waals surface area contributed by atoms with E-state index < -0.39 is 21.8 Å². The van der Waals surface area contributed by atoms with E-state index in [9.17, 15) is 22.4 Å². The van der Waals surface area contributed by atoms with Gasteiger partial charge < -0.3 is 29.1 Å². The molecular weight excluding hydrogens is 619 g/mol. The molecule has 1 aromatic heterocycles. The normalized spacial score (nSPS) is 13.2. The molecule has 1 saturated carbocycles. The summed E-state index contributed by atoms with van der Waals surface area (Å²) in [7, 11) is -2.21. The van der Waals surface area contributed by atoms with Gasteiger partial charge in [0.25, 0.3) is 5.91 Å². The number of benzene rings is 3. The molecule has 0 saturated heterocycles. The van der Waals surface area contributed by atoms with Crippen LogP contribution in [0, 0.1) is 5.82 Å². The number of hydrogen-bond acceptors (Lipinski definition) is 8. The number of rotatable bonds is 17. The van der Waals surface area contributed by atoms with Crippen molar-refractivity contribution in [1.29, 1.82) is 0 Å². The fourth-order valence-electron chi connectivity index (χ4n) is 5.02. The molecule has 46 heavy (non-hydrogen) atoms. The molecule has 0 atom stereocenters. The van der Waals surface area contributed by atoms with E-state index in [1.54, 1.807) is 18.2 Å². The highest BCUT2D eigenvalue weighted by Crippen LogP contribution is 2.45. The number of amides is 1. The summed E-state index contributed by atoms with van der Waals surface area (Å²) < 4.78 is 64.7. The fourth-order valence-corrected chi connectivity index (χ4v) is 6.17. The second-order valence-corrected chi connectivity index (χ2v) is 12.6. The Morgan fingerprint density at radius 1 is 0.957 bits per heavy atom. The number of carboxylic acids is 1. The van der Waals surface area contributed by atoms with Crippen molar-refractivity contribution < 1.29 is 46.1 Å². The first kappa shape index (κ1) is 33.1. The van der Waals surface area contributed by atoms with Gasteiger partial charge in [-0.25, -0.2) is 22.3 Å². The molecule has 5 rings (SSSR count). The number of halogens is 1. The average Bonchev–Trinajstić information content (AvgIpc) is 3.82. The van der Waals surface area contributed by atoms with Crippen LogP contribution in [-0.4, -0.2) is 72.0 Å². The molecule has 13 heteroatoms. The van der Waals surface area contributed by atoms with Gasteiger partial charge in [0.05, 0.1) is 43.3 Å². The number of carbonyl (C=O) groups is 2. The SMILES string of the molecule is CNC(=O)c1c(-c2ccc(F)cc2)oc2cc(CS(=O)(=O)NCCOCCOCCOc3ccc(C(=O)O)cc3)c(C3CC3)cc12. The number of carbonyl (C=O) groups excluding carboxylic acids is 1. The van der Waals surface area contributed by atoms with Gasteiger partial charge in [0, 0.05) is 24.5 Å². The zero-order chi connectivity index (χ0) is 32.7. The third-order valence-electron chi connectivity index (χ3n) is 7.41. The second-order valence-electron chi connectivity index (χ2n) is 10.8. The van der Waals surface area contributed by atoms with Crippen LogP contribution in [0.4, 0.5) is 4.39 Å². The van der Waals surface area contributed by atoms with Gasteiger partial charge in [0.2, 0.25) is 10.0 Å². The Balaban J connectivity index is 1.12. The third kappa shape index (κ3) is 8.49. The Hall–Kier alpha value is -4.30. The number of sulfonamides is 1. The summed E-state index contributed by atoms with van der Waals surface area (Å²) in [4.78, 5) is 23.8. The zero-order valence-corrected chi connectivity index (χ0v) is 26.0. The topological polar surface area (TPSA) is 153 Å². The van der Waals surface area contributed by atoms with Crippen molar-refractivity contribution in [3.8, 4) is 17.1 Å². The van der Waals surface area contributed by atoms with Crippen molar-refractivity contribution in [3.05, 3.63) is 88.7 Å². The summed E-state index contributed by atoms with van der Waals surface area (Å²) in [6, 6.07) is 15.2. The van der Waals surface area contributed by atoms with Crippen LogP contribution in [0.25, 0.3) is 22.3 Å². The highest BCUT2D eigenvalue weighted by atomic mass is 32.2. The molecule has 0 bridgehead atoms. The van der Waals surface area contributed by atoms with E-state index in [0.717, 1.165) is 18.4 Å². The molecule has 1 heterocycles. The van der Waals surface area contributed by atoms with Gasteiger partial charge in [-0.1, -0.05) is 0 Å². The predicted octanol–water partition coefficient (Wildman–Crippen LogP) is 4.71. The largest absolute Gasteiger partial charge is 0.491 e. The van der Waals surface area contributed by atoms with Crippen molar-refractivity contribution in [3.63, 3.8) is 0 Å². The number of aromatic carboxylic acids is 1. The first-order chi connectivity index (χ1) is 22.1. The molecule has 0 aliphatic heterocycles. The van der Waals surface area contributed by atoms with E-state index in [0.29, 0.717) is 46.6 Å². The summed E-state index contributed by atoms with van der Waals surface area (Å²) >= 11 is 0. The Bertz CT molecular complexity index is 1780. The van der Waals surface area contributed by atoms with Crippen molar-refractivity contribution in [2.75, 3.05) is 46.6 Å². The molecule has 1 aliphatic rings. The van der Waals surface area contributed by atoms with Crippen molar-refractivity contribution in [2.24, 2.45) is 0 Å². The van der Waals surface area contributed by atoms with Crippen molar-refractivity contribution in [2.45, 2.75) is 24.5 Å². The van der Waals surface area contributed by atoms with Gasteiger partial charge in [0.1, 0.15) is 29.5 Å². The number of furan rings is 1. The Morgan fingerprint density at radius 2 is 1.63 bits per heavy atom. The van der Waals surface area contributed by atoms with Gasteiger partial charge in [-0.2, -0.15) is 0 Å². The Morgan fingerprint density at radius 3 is 2.28 bits per heavy atom. The fraction of sp³-hybridized carbons (Fsp3) is 0.333. The summed E-state index contributed by atoms with van der Waals surface area (Å²) in [6.07, 6.45) is 1.85. The highest BCUT2D eigenvalue weighted by Gasteiger charge is 2.31. The van der Waals surface area contributed by atoms with Crippen LogP contribution < -0.4 is 14.8 Å². The zero-order valence-electron chi connectivity index (χ0n) is 25.2. The lowest BCUT2D eigenvalue weighted by Crippen LogP contribution is -2.29. The van der Waals surface area contributed by atoms with Crippen LogP contribution in [0.1, 0.15) is 50.6 Å². The standard InChI is InChI=1S/C33H35FN2O9S/c1-35-32(37)30-28-19-27(21-2-3-21)24(18-29(28)45-31(30)22-4-8-25(34)9-5-22)20-46(40,41)36-12-13-42-14-15-43-16-17-44-26-10-6-23(7-11-26)33(38)39/h4-11,18-19,21,36H,2-3,12-17,20H2,1H3,(H,35,37)(H,38,39). The molecule has 1 fully saturated rings. The maximum atomic E-state index is 13.6. The van der Waals surface area contributed by atoms with E-state index >= 15 is 0 Å². The summed E-state index contributed by atoms with van der Waals surface area (Å²) in [6.45, 7) is 1.36. The molecule has 3 aromatic carbocycles. The van der Waals surface area contributed by atoms with Gasteiger partial charge in [-0.05, 0) is 90.6 Å². The number of nitrogens with one attached hydrogen (secondary N) is 2. The monoisotopic (exact) mass is 654 g/mol. The molecule has 1 aliphatic carbocycles. The van der Waals surface area contributed by atoms with E-state index in [2.05, 4.69) is 10.0 Å². The minimum Gasteiger partial charge on any atom is -0.491 e. The van der Waals surface area contributed by atoms with Crippen LogP contribution in [-0.2, 0) is 25.2 Å². The van der Waals surface area contributed by atoms with Crippen LogP contribution in [0.15, 0.2) is 65.1 Å².